The van der Waals surface area contributed by atoms with Crippen molar-refractivity contribution in [2.75, 3.05) is 13.1 Å². The standard InChI is InChI=1S/C14H21NO2/c16-10-14-5-4-13(17-14)9-15-7-11-2-1-3-12(6-11)8-15/h4-5,11-12,16H,1-3,6-10H2. The fourth-order valence-corrected chi connectivity index (χ4v) is 3.48. The van der Waals surface area contributed by atoms with Gasteiger partial charge >= 0.3 is 0 Å². The highest BCUT2D eigenvalue weighted by atomic mass is 16.4. The van der Waals surface area contributed by atoms with E-state index in [9.17, 15) is 0 Å². The van der Waals surface area contributed by atoms with Gasteiger partial charge in [0.15, 0.2) is 0 Å². The van der Waals surface area contributed by atoms with Crippen LogP contribution in [-0.4, -0.2) is 23.1 Å². The van der Waals surface area contributed by atoms with Crippen LogP contribution in [0.2, 0.25) is 0 Å². The average molecular weight is 235 g/mol. The highest BCUT2D eigenvalue weighted by Crippen LogP contribution is 2.34. The predicted octanol–water partition coefficient (Wildman–Crippen LogP) is 2.39. The van der Waals surface area contributed by atoms with Gasteiger partial charge in [-0.3, -0.25) is 4.90 Å². The number of piperidine rings is 1. The number of furan rings is 1. The molecule has 1 saturated carbocycles. The summed E-state index contributed by atoms with van der Waals surface area (Å²) in [5.74, 6) is 3.50. The first-order chi connectivity index (χ1) is 8.33. The molecule has 94 valence electrons. The molecule has 17 heavy (non-hydrogen) atoms. The van der Waals surface area contributed by atoms with E-state index in [0.717, 1.165) is 24.1 Å². The van der Waals surface area contributed by atoms with Gasteiger partial charge < -0.3 is 9.52 Å². The van der Waals surface area contributed by atoms with Crippen LogP contribution in [0.4, 0.5) is 0 Å². The van der Waals surface area contributed by atoms with Crippen LogP contribution in [0.25, 0.3) is 0 Å². The molecule has 1 N–H and O–H groups in total. The summed E-state index contributed by atoms with van der Waals surface area (Å²) in [7, 11) is 0. The van der Waals surface area contributed by atoms with Gasteiger partial charge in [0.05, 0.1) is 6.54 Å². The summed E-state index contributed by atoms with van der Waals surface area (Å²) in [5, 5.41) is 8.98. The van der Waals surface area contributed by atoms with Gasteiger partial charge in [0.2, 0.25) is 0 Å². The van der Waals surface area contributed by atoms with Crippen molar-refractivity contribution >= 4 is 0 Å². The Morgan fingerprint density at radius 3 is 2.53 bits per heavy atom. The first-order valence-corrected chi connectivity index (χ1v) is 6.74. The molecule has 2 unspecified atom stereocenters. The van der Waals surface area contributed by atoms with Crippen LogP contribution >= 0.6 is 0 Å². The van der Waals surface area contributed by atoms with Crippen molar-refractivity contribution in [3.05, 3.63) is 23.7 Å². The second kappa shape index (κ2) is 4.83. The normalized spacial score (nSPS) is 29.5. The summed E-state index contributed by atoms with van der Waals surface area (Å²) in [5.41, 5.74) is 0. The van der Waals surface area contributed by atoms with Crippen molar-refractivity contribution < 1.29 is 9.52 Å². The van der Waals surface area contributed by atoms with Gasteiger partial charge in [0.1, 0.15) is 18.1 Å². The molecule has 1 aliphatic carbocycles. The van der Waals surface area contributed by atoms with Crippen molar-refractivity contribution in [1.82, 2.24) is 4.90 Å². The zero-order chi connectivity index (χ0) is 11.7. The van der Waals surface area contributed by atoms with Gasteiger partial charge in [-0.05, 0) is 43.2 Å². The van der Waals surface area contributed by atoms with Crippen LogP contribution in [0.15, 0.2) is 16.5 Å². The molecular formula is C14H21NO2. The maximum Gasteiger partial charge on any atom is 0.129 e. The number of aliphatic hydroxyl groups is 1. The van der Waals surface area contributed by atoms with E-state index < -0.39 is 0 Å². The van der Waals surface area contributed by atoms with Crippen LogP contribution in [-0.2, 0) is 13.2 Å². The van der Waals surface area contributed by atoms with Gasteiger partial charge in [0, 0.05) is 13.1 Å². The van der Waals surface area contributed by atoms with Crippen molar-refractivity contribution in [3.63, 3.8) is 0 Å². The lowest BCUT2D eigenvalue weighted by Gasteiger charge is -2.41. The lowest BCUT2D eigenvalue weighted by Crippen LogP contribution is -2.42. The number of hydrogen-bond donors (Lipinski definition) is 1. The Balaban J connectivity index is 1.61. The third-order valence-corrected chi connectivity index (χ3v) is 4.18. The van der Waals surface area contributed by atoms with Crippen LogP contribution in [0.1, 0.15) is 37.2 Å². The molecule has 1 aliphatic heterocycles. The summed E-state index contributed by atoms with van der Waals surface area (Å²) in [6, 6.07) is 3.87. The van der Waals surface area contributed by atoms with Gasteiger partial charge in [-0.15, -0.1) is 0 Å². The van der Waals surface area contributed by atoms with Gasteiger partial charge in [0.25, 0.3) is 0 Å². The van der Waals surface area contributed by atoms with Crippen LogP contribution in [0, 0.1) is 11.8 Å². The monoisotopic (exact) mass is 235 g/mol. The molecule has 1 saturated heterocycles. The lowest BCUT2D eigenvalue weighted by atomic mass is 9.78. The second-order valence-electron chi connectivity index (χ2n) is 5.62. The molecule has 2 bridgehead atoms. The quantitative estimate of drug-likeness (QED) is 0.874. The Kier molecular flexibility index (Phi) is 3.21. The highest BCUT2D eigenvalue weighted by molar-refractivity contribution is 5.06. The molecule has 2 aliphatic rings. The van der Waals surface area contributed by atoms with E-state index in [1.165, 1.54) is 38.8 Å². The third-order valence-electron chi connectivity index (χ3n) is 4.18. The number of nitrogens with zero attached hydrogens (tertiary/aromatic N) is 1. The first-order valence-electron chi connectivity index (χ1n) is 6.74. The molecule has 3 rings (SSSR count). The van der Waals surface area contributed by atoms with Crippen molar-refractivity contribution in [3.8, 4) is 0 Å². The smallest absolute Gasteiger partial charge is 0.129 e. The SMILES string of the molecule is OCc1ccc(CN2CC3CCCC(C3)C2)o1. The van der Waals surface area contributed by atoms with Gasteiger partial charge in [-0.1, -0.05) is 6.42 Å². The molecule has 1 aromatic heterocycles. The average Bonchev–Trinajstić information content (AvgIpc) is 2.76. The minimum Gasteiger partial charge on any atom is -0.462 e. The molecule has 2 fully saturated rings. The number of likely N-dealkylation sites (tertiary alicyclic amines) is 1. The molecule has 0 amide bonds. The molecule has 2 atom stereocenters. The fraction of sp³-hybridized carbons (Fsp3) is 0.714. The molecule has 0 radical (unpaired) electrons. The minimum absolute atomic E-state index is 0.00521. The van der Waals surface area contributed by atoms with Gasteiger partial charge in [-0.25, -0.2) is 0 Å². The maximum absolute atomic E-state index is 8.98. The molecule has 3 nitrogen and oxygen atoms in total. The molecular weight excluding hydrogens is 214 g/mol. The summed E-state index contributed by atoms with van der Waals surface area (Å²) in [4.78, 5) is 2.53. The molecule has 1 aromatic rings. The molecule has 2 heterocycles. The maximum atomic E-state index is 8.98. The molecule has 0 aromatic carbocycles. The van der Waals surface area contributed by atoms with E-state index in [2.05, 4.69) is 4.90 Å². The number of aliphatic hydroxyl groups excluding tert-OH is 1. The molecule has 0 spiro atoms. The second-order valence-corrected chi connectivity index (χ2v) is 5.62. The minimum atomic E-state index is 0.00521. The Morgan fingerprint density at radius 2 is 1.88 bits per heavy atom. The largest absolute Gasteiger partial charge is 0.462 e. The van der Waals surface area contributed by atoms with Crippen LogP contribution in [0.3, 0.4) is 0 Å². The van der Waals surface area contributed by atoms with E-state index in [1.54, 1.807) is 0 Å². The first kappa shape index (κ1) is 11.3. The van der Waals surface area contributed by atoms with E-state index in [-0.39, 0.29) is 6.61 Å². The van der Waals surface area contributed by atoms with Crippen molar-refractivity contribution in [1.29, 1.82) is 0 Å². The van der Waals surface area contributed by atoms with Crippen molar-refractivity contribution in [2.45, 2.75) is 38.8 Å². The summed E-state index contributed by atoms with van der Waals surface area (Å²) >= 11 is 0. The Labute approximate surface area is 102 Å². The lowest BCUT2D eigenvalue weighted by molar-refractivity contribution is 0.0748. The Hall–Kier alpha value is -0.800. The summed E-state index contributed by atoms with van der Waals surface area (Å²) in [6.45, 7) is 3.37. The zero-order valence-electron chi connectivity index (χ0n) is 10.3. The predicted molar refractivity (Wildman–Crippen MR) is 65.4 cm³/mol. The highest BCUT2D eigenvalue weighted by Gasteiger charge is 2.30. The van der Waals surface area contributed by atoms with Gasteiger partial charge in [-0.2, -0.15) is 0 Å². The molecule has 3 heteroatoms. The van der Waals surface area contributed by atoms with E-state index in [4.69, 9.17) is 9.52 Å². The number of fused-ring (bicyclic) bond motifs is 2. The Morgan fingerprint density at radius 1 is 1.18 bits per heavy atom. The third kappa shape index (κ3) is 2.55. The fourth-order valence-electron chi connectivity index (χ4n) is 3.48. The van der Waals surface area contributed by atoms with E-state index in [0.29, 0.717) is 5.76 Å². The van der Waals surface area contributed by atoms with E-state index >= 15 is 0 Å². The summed E-state index contributed by atoms with van der Waals surface area (Å²) in [6.07, 6.45) is 5.69. The summed E-state index contributed by atoms with van der Waals surface area (Å²) < 4.78 is 5.57. The number of rotatable bonds is 3. The Bertz CT molecular complexity index is 362. The van der Waals surface area contributed by atoms with Crippen molar-refractivity contribution in [2.24, 2.45) is 11.8 Å². The van der Waals surface area contributed by atoms with Crippen LogP contribution in [0.5, 0.6) is 0 Å². The number of hydrogen-bond acceptors (Lipinski definition) is 3. The van der Waals surface area contributed by atoms with E-state index in [1.807, 2.05) is 12.1 Å². The van der Waals surface area contributed by atoms with Crippen LogP contribution < -0.4 is 0 Å². The zero-order valence-corrected chi connectivity index (χ0v) is 10.3. The topological polar surface area (TPSA) is 36.6 Å².